The summed E-state index contributed by atoms with van der Waals surface area (Å²) in [6, 6.07) is 59.3. The lowest BCUT2D eigenvalue weighted by Crippen LogP contribution is -2.47. The zero-order chi connectivity index (χ0) is 87.6. The van der Waals surface area contributed by atoms with Gasteiger partial charge in [0, 0.05) is 69.3 Å². The highest BCUT2D eigenvalue weighted by molar-refractivity contribution is 5.88. The molecule has 3 aliphatic rings. The van der Waals surface area contributed by atoms with E-state index in [1.54, 1.807) is 87.4 Å². The Morgan fingerprint density at radius 3 is 1.16 bits per heavy atom. The molecule has 12 rings (SSSR count). The first-order valence-electron chi connectivity index (χ1n) is 39.8. The van der Waals surface area contributed by atoms with Crippen LogP contribution < -0.4 is 54.8 Å². The molecule has 6 heterocycles. The van der Waals surface area contributed by atoms with Crippen LogP contribution in [-0.2, 0) is 68.2 Å². The Bertz CT molecular complexity index is 4880. The fraction of sp³-hybridized carbons (Fsp3) is 0.416. The number of carbonyl (C=O) groups is 4. The van der Waals surface area contributed by atoms with Gasteiger partial charge in [-0.1, -0.05) is 173 Å². The second-order valence-corrected chi connectivity index (χ2v) is 30.6. The lowest BCUT2D eigenvalue weighted by Gasteiger charge is -2.37. The summed E-state index contributed by atoms with van der Waals surface area (Å²) in [5.74, 6) is -0.234. The topological polar surface area (TPSA) is 440 Å². The minimum Gasteiger partial charge on any atom is -0.497 e. The number of ether oxygens (including phenoxy) is 12. The van der Waals surface area contributed by atoms with Crippen molar-refractivity contribution in [2.45, 2.75) is 141 Å². The molecule has 3 aromatic heterocycles. The van der Waals surface area contributed by atoms with Gasteiger partial charge in [0.05, 0.1) is 65.6 Å². The highest BCUT2D eigenvalue weighted by Gasteiger charge is 2.46. The summed E-state index contributed by atoms with van der Waals surface area (Å²) >= 11 is 0. The Labute approximate surface area is 726 Å². The van der Waals surface area contributed by atoms with Crippen LogP contribution in [0.2, 0.25) is 0 Å². The van der Waals surface area contributed by atoms with E-state index in [-0.39, 0.29) is 111 Å². The Hall–Kier alpha value is -11.1. The van der Waals surface area contributed by atoms with Crippen molar-refractivity contribution < 1.29 is 86.2 Å². The molecule has 664 valence electrons. The van der Waals surface area contributed by atoms with Crippen LogP contribution in [0.25, 0.3) is 0 Å². The number of halogens is 2. The maximum atomic E-state index is 12.5. The van der Waals surface area contributed by atoms with Crippen molar-refractivity contribution in [1.29, 1.82) is 0 Å². The van der Waals surface area contributed by atoms with Gasteiger partial charge in [-0.15, -0.1) is 24.8 Å². The van der Waals surface area contributed by atoms with Crippen molar-refractivity contribution >= 4 is 66.5 Å². The second kappa shape index (κ2) is 46.9. The highest BCUT2D eigenvalue weighted by Crippen LogP contribution is 2.46. The van der Waals surface area contributed by atoms with E-state index in [0.717, 1.165) is 44.9 Å². The van der Waals surface area contributed by atoms with E-state index in [0.29, 0.717) is 32.5 Å². The van der Waals surface area contributed by atoms with Crippen LogP contribution >= 0.6 is 24.8 Å². The number of alkyl carbamates (subject to hydrolysis) is 1. The molecule has 123 heavy (non-hydrogen) atoms. The molecule has 3 fully saturated rings. The molecule has 11 atom stereocenters. The van der Waals surface area contributed by atoms with Crippen LogP contribution in [0.3, 0.4) is 0 Å². The van der Waals surface area contributed by atoms with E-state index in [2.05, 4.69) is 54.0 Å². The van der Waals surface area contributed by atoms with Crippen molar-refractivity contribution in [2.24, 2.45) is 35.3 Å². The number of rotatable bonds is 29. The average Bonchev–Trinajstić information content (AvgIpc) is 0.775. The summed E-state index contributed by atoms with van der Waals surface area (Å²) in [5.41, 5.74) is 24.4. The summed E-state index contributed by atoms with van der Waals surface area (Å²) in [6.45, 7) is 14.5. The molecule has 6 aromatic carbocycles. The number of nitrogens with two attached hydrogens (primary N) is 4. The molecule has 0 aliphatic carbocycles. The SMILES string of the molecule is CC(C)[C@H](N)C(=O)OCC1OC(n2ccc(N)nc2=O)CC1CO.CCOC(=O)OC(=O)C(NC(=O)OC(C)(C)C)C(C)C.COCC1OC(n2ccc(N)nc2=O)CC1COC(c1ccccc1)(c1ccccc1)c1ccc(OC)cc1.COc1ccc(C(OCC2CC(n3ccc(N)nc3=O)OC2CO)(c2ccccc2)c2ccccc2)cc1.Cl.Cl. The quantitative estimate of drug-likeness (QED) is 0.00991. The summed E-state index contributed by atoms with van der Waals surface area (Å²) in [6.07, 6.45) is 1.31. The predicted molar refractivity (Wildman–Crippen MR) is 464 cm³/mol. The zero-order valence-electron chi connectivity index (χ0n) is 70.7. The summed E-state index contributed by atoms with van der Waals surface area (Å²) in [5, 5.41) is 22.0. The van der Waals surface area contributed by atoms with E-state index >= 15 is 0 Å². The number of nitrogen functional groups attached to an aromatic ring is 3. The first kappa shape index (κ1) is 99.0. The van der Waals surface area contributed by atoms with Gasteiger partial charge < -0.3 is 95.3 Å². The summed E-state index contributed by atoms with van der Waals surface area (Å²) in [4.78, 5) is 94.5. The van der Waals surface area contributed by atoms with Crippen LogP contribution in [-0.4, -0.2) is 167 Å². The fourth-order valence-electron chi connectivity index (χ4n) is 14.1. The Morgan fingerprint density at radius 2 is 0.837 bits per heavy atom. The van der Waals surface area contributed by atoms with Crippen LogP contribution in [0, 0.1) is 29.6 Å². The van der Waals surface area contributed by atoms with Gasteiger partial charge in [0.2, 0.25) is 0 Å². The molecule has 0 spiro atoms. The molecule has 0 radical (unpaired) electrons. The number of aromatic nitrogens is 6. The smallest absolute Gasteiger partial charge is 0.497 e. The number of nitrogens with zero attached hydrogens (tertiary/aromatic N) is 6. The van der Waals surface area contributed by atoms with Gasteiger partial charge in [-0.2, -0.15) is 15.0 Å². The van der Waals surface area contributed by atoms with Gasteiger partial charge in [0.15, 0.2) is 0 Å². The van der Waals surface area contributed by atoms with Gasteiger partial charge in [-0.05, 0) is 115 Å². The molecular formula is C89H113Cl2N11O21. The molecule has 0 bridgehead atoms. The number of carbonyl (C=O) groups excluding carboxylic acids is 4. The third kappa shape index (κ3) is 26.2. The van der Waals surface area contributed by atoms with Gasteiger partial charge in [-0.3, -0.25) is 18.5 Å². The van der Waals surface area contributed by atoms with E-state index in [4.69, 9.17) is 70.3 Å². The molecule has 10 unspecified atom stereocenters. The fourth-order valence-corrected chi connectivity index (χ4v) is 14.1. The monoisotopic (exact) mass is 1740 g/mol. The number of hydrogen-bond donors (Lipinski definition) is 7. The average molecular weight is 1740 g/mol. The first-order chi connectivity index (χ1) is 58.0. The number of aliphatic hydroxyl groups is 2. The molecule has 11 N–H and O–H groups in total. The number of hydrogen-bond acceptors (Lipinski definition) is 28. The number of amides is 1. The van der Waals surface area contributed by atoms with E-state index < -0.39 is 101 Å². The van der Waals surface area contributed by atoms with Gasteiger partial charge in [-0.25, -0.2) is 28.8 Å². The van der Waals surface area contributed by atoms with Gasteiger partial charge in [0.1, 0.15) is 83.1 Å². The third-order valence-corrected chi connectivity index (χ3v) is 20.5. The molecule has 1 amide bonds. The molecular weight excluding hydrogens is 1630 g/mol. The number of benzene rings is 6. The zero-order valence-corrected chi connectivity index (χ0v) is 72.3. The van der Waals surface area contributed by atoms with Crippen molar-refractivity contribution in [3.8, 4) is 11.5 Å². The van der Waals surface area contributed by atoms with Crippen molar-refractivity contribution in [1.82, 2.24) is 34.0 Å². The van der Waals surface area contributed by atoms with Crippen LogP contribution in [0.5, 0.6) is 11.5 Å². The molecule has 34 heteroatoms. The van der Waals surface area contributed by atoms with E-state index in [1.165, 1.54) is 26.0 Å². The minimum absolute atomic E-state index is 0. The van der Waals surface area contributed by atoms with Crippen LogP contribution in [0.4, 0.5) is 27.0 Å². The number of anilines is 3. The predicted octanol–water partition coefficient (Wildman–Crippen LogP) is 10.5. The second-order valence-electron chi connectivity index (χ2n) is 30.6. The Kier molecular flexibility index (Phi) is 37.8. The highest BCUT2D eigenvalue weighted by atomic mass is 35.5. The lowest BCUT2D eigenvalue weighted by molar-refractivity contribution is -0.152. The number of esters is 2. The third-order valence-electron chi connectivity index (χ3n) is 20.5. The van der Waals surface area contributed by atoms with E-state index in [1.807, 2.05) is 159 Å². The molecule has 0 saturated carbocycles. The molecule has 32 nitrogen and oxygen atoms in total. The van der Waals surface area contributed by atoms with Gasteiger partial charge >= 0.3 is 41.3 Å². The first-order valence-corrected chi connectivity index (χ1v) is 39.8. The molecule has 3 aliphatic heterocycles. The Balaban J connectivity index is 0.000000233. The number of methoxy groups -OCH3 is 3. The number of nitrogens with one attached hydrogen (secondary N) is 1. The number of aliphatic hydroxyl groups excluding tert-OH is 2. The van der Waals surface area contributed by atoms with Gasteiger partial charge in [0.25, 0.3) is 0 Å². The van der Waals surface area contributed by atoms with Crippen molar-refractivity contribution in [3.63, 3.8) is 0 Å². The summed E-state index contributed by atoms with van der Waals surface area (Å²) < 4.78 is 71.9. The molecule has 3 saturated heterocycles. The van der Waals surface area contributed by atoms with Crippen molar-refractivity contribution in [3.05, 3.63) is 271 Å². The Morgan fingerprint density at radius 1 is 0.480 bits per heavy atom. The standard InChI is InChI=1S/C31H33N3O5.C30H31N3O5.C15H24N4O5.C13H23NO6.2ClH/c1-36-21-27-22(19-29(39-27)34-18-17-28(32)33-30(34)35)20-38-31(23-9-5-3-6-10-23,24-11-7-4-8-12-24)25-13-15-26(37-2)16-14-25;1-36-25-14-12-24(13-15-25)30(22-8-4-2-5-9-22,23-10-6-3-7-11-23)37-20-21-18-28(38-26(21)19-34)33-17-16-27(31)32-29(33)35;1-8(2)13(17)14(21)23-7-10-9(6-20)5-12(24-10)19-4-3-11(16)18-15(19)22;1-7-18-12(17)19-10(15)9(8(2)3)14-11(16)20-13(4,5)6;;/h3-18,22,27,29H,19-21H2,1-2H3,(H2,32,33,35);2-17,21,26,28,34H,18-20H2,1H3,(H2,31,32,35);3-4,8-10,12-13,20H,5-7,17H2,1-2H3,(H2,16,18,22);8-9H,7H2,1-6H3,(H,14,16);2*1H/t;;9?,10?,12?,13-;;;/m..0.../s1. The van der Waals surface area contributed by atoms with Crippen molar-refractivity contribution in [2.75, 3.05) is 84.8 Å². The normalized spacial score (nSPS) is 19.0. The largest absolute Gasteiger partial charge is 0.516 e. The lowest BCUT2D eigenvalue weighted by atomic mass is 9.80. The van der Waals surface area contributed by atoms with Crippen LogP contribution in [0.15, 0.2) is 221 Å². The van der Waals surface area contributed by atoms with Crippen LogP contribution in [0.1, 0.15) is 127 Å². The maximum absolute atomic E-state index is 12.5. The minimum atomic E-state index is -1.09. The van der Waals surface area contributed by atoms with E-state index in [9.17, 15) is 43.8 Å². The maximum Gasteiger partial charge on any atom is 0.516 e. The summed E-state index contributed by atoms with van der Waals surface area (Å²) in [7, 11) is 4.93. The molecule has 9 aromatic rings.